The fraction of sp³-hybridized carbons (Fsp3) is 0.308. The van der Waals surface area contributed by atoms with Crippen molar-refractivity contribution in [3.63, 3.8) is 0 Å². The molecular weight excluding hydrogens is 276 g/mol. The minimum Gasteiger partial charge on any atom is -0.479 e. The maximum absolute atomic E-state index is 11.8. The molecule has 0 saturated heterocycles. The van der Waals surface area contributed by atoms with E-state index in [-0.39, 0.29) is 5.91 Å². The normalized spacial score (nSPS) is 18.1. The average Bonchev–Trinajstić information content (AvgIpc) is 2.44. The molecule has 0 spiro atoms. The third-order valence-electron chi connectivity index (χ3n) is 2.87. The number of anilines is 1. The molecule has 1 aliphatic heterocycles. The highest BCUT2D eigenvalue weighted by Gasteiger charge is 2.28. The summed E-state index contributed by atoms with van der Waals surface area (Å²) in [6.07, 6.45) is 3.15. The monoisotopic (exact) mass is 290 g/mol. The fourth-order valence-corrected chi connectivity index (χ4v) is 2.21. The van der Waals surface area contributed by atoms with Gasteiger partial charge in [-0.2, -0.15) is 5.26 Å². The number of nitrogens with zero attached hydrogens (tertiary/aromatic N) is 3. The predicted molar refractivity (Wildman–Crippen MR) is 79.3 cm³/mol. The molecule has 1 heterocycles. The first-order valence-corrected chi connectivity index (χ1v) is 7.15. The quantitative estimate of drug-likeness (QED) is 0.369. The summed E-state index contributed by atoms with van der Waals surface area (Å²) in [4.78, 5) is 17.7. The zero-order chi connectivity index (χ0) is 14.7. The lowest BCUT2D eigenvalue weighted by Crippen LogP contribution is -2.41. The first-order valence-electron chi connectivity index (χ1n) is 5.93. The van der Waals surface area contributed by atoms with E-state index in [0.717, 1.165) is 0 Å². The Morgan fingerprint density at radius 3 is 3.00 bits per heavy atom. The highest BCUT2D eigenvalue weighted by atomic mass is 32.2. The van der Waals surface area contributed by atoms with Crippen LogP contribution in [0.25, 0.3) is 0 Å². The average molecular weight is 290 g/mol. The van der Waals surface area contributed by atoms with Crippen molar-refractivity contribution < 1.29 is 9.53 Å². The molecule has 6 nitrogen and oxygen atoms in total. The van der Waals surface area contributed by atoms with E-state index in [1.165, 1.54) is 11.8 Å². The molecule has 0 fully saturated rings. The molecule has 0 bridgehead atoms. The summed E-state index contributed by atoms with van der Waals surface area (Å²) in [7, 11) is 1.72. The van der Waals surface area contributed by atoms with Gasteiger partial charge in [0.05, 0.1) is 11.4 Å². The number of benzene rings is 1. The zero-order valence-corrected chi connectivity index (χ0v) is 12.2. The summed E-state index contributed by atoms with van der Waals surface area (Å²) in [5, 5.41) is 11.6. The number of amides is 1. The van der Waals surface area contributed by atoms with Crippen LogP contribution >= 0.6 is 11.8 Å². The Hall–Kier alpha value is -2.20. The van der Waals surface area contributed by atoms with Crippen LogP contribution in [-0.2, 0) is 4.79 Å². The number of carbonyl (C=O) groups is 1. The Morgan fingerprint density at radius 2 is 2.35 bits per heavy atom. The van der Waals surface area contributed by atoms with Crippen LogP contribution in [0.2, 0.25) is 0 Å². The van der Waals surface area contributed by atoms with Gasteiger partial charge in [-0.15, -0.1) is 0 Å². The van der Waals surface area contributed by atoms with Crippen LogP contribution in [0.15, 0.2) is 23.2 Å². The first-order chi connectivity index (χ1) is 9.56. The van der Waals surface area contributed by atoms with E-state index in [4.69, 9.17) is 10.00 Å². The minimum absolute atomic E-state index is 0.0790. The van der Waals surface area contributed by atoms with Crippen molar-refractivity contribution in [2.24, 2.45) is 4.99 Å². The van der Waals surface area contributed by atoms with Gasteiger partial charge in [-0.25, -0.2) is 4.99 Å². The van der Waals surface area contributed by atoms with Crippen LogP contribution in [0.3, 0.4) is 0 Å². The maximum atomic E-state index is 11.8. The summed E-state index contributed by atoms with van der Waals surface area (Å²) in [6.45, 7) is 1.71. The van der Waals surface area contributed by atoms with Crippen molar-refractivity contribution in [2.75, 3.05) is 18.2 Å². The van der Waals surface area contributed by atoms with Gasteiger partial charge in [0.2, 0.25) is 0 Å². The number of amidine groups is 1. The third kappa shape index (κ3) is 2.70. The van der Waals surface area contributed by atoms with E-state index in [0.29, 0.717) is 22.3 Å². The Bertz CT molecular complexity index is 609. The number of likely N-dealkylation sites (N-methyl/N-ethyl adjacent to an activating group) is 1. The molecule has 0 saturated carbocycles. The first kappa shape index (κ1) is 14.2. The van der Waals surface area contributed by atoms with Gasteiger partial charge in [-0.1, -0.05) is 11.8 Å². The molecule has 2 rings (SSSR count). The number of nitrogens with one attached hydrogen (secondary N) is 1. The molecule has 1 aromatic rings. The van der Waals surface area contributed by atoms with Crippen LogP contribution in [-0.4, -0.2) is 30.5 Å². The molecule has 20 heavy (non-hydrogen) atoms. The van der Waals surface area contributed by atoms with E-state index >= 15 is 0 Å². The van der Waals surface area contributed by atoms with Crippen LogP contribution in [0, 0.1) is 11.5 Å². The van der Waals surface area contributed by atoms with Crippen molar-refractivity contribution in [3.8, 4) is 11.9 Å². The second-order valence-electron chi connectivity index (χ2n) is 4.17. The number of thioether (sulfide) groups is 1. The van der Waals surface area contributed by atoms with Gasteiger partial charge in [-0.3, -0.25) is 10.1 Å². The highest BCUT2D eigenvalue weighted by molar-refractivity contribution is 8.13. The van der Waals surface area contributed by atoms with E-state index in [2.05, 4.69) is 10.3 Å². The molecule has 1 amide bonds. The number of fused-ring (bicyclic) bond motifs is 1. The van der Waals surface area contributed by atoms with Crippen molar-refractivity contribution >= 4 is 34.2 Å². The number of rotatable bonds is 1. The lowest BCUT2D eigenvalue weighted by Gasteiger charge is -2.30. The SMILES string of the molecule is CSC(=Nc1ccc2c(c1)OC(C)C(=O)N2C)NC#N. The molecule has 0 aliphatic carbocycles. The van der Waals surface area contributed by atoms with Crippen LogP contribution < -0.4 is 15.0 Å². The molecule has 0 aromatic heterocycles. The predicted octanol–water partition coefficient (Wildman–Crippen LogP) is 1.85. The van der Waals surface area contributed by atoms with Crippen molar-refractivity contribution in [2.45, 2.75) is 13.0 Å². The topological polar surface area (TPSA) is 77.7 Å². The lowest BCUT2D eigenvalue weighted by molar-refractivity contribution is -0.125. The summed E-state index contributed by atoms with van der Waals surface area (Å²) in [6, 6.07) is 5.31. The van der Waals surface area contributed by atoms with Gasteiger partial charge in [0.25, 0.3) is 5.91 Å². The van der Waals surface area contributed by atoms with Gasteiger partial charge in [-0.05, 0) is 25.3 Å². The van der Waals surface area contributed by atoms with Crippen LogP contribution in [0.5, 0.6) is 5.75 Å². The van der Waals surface area contributed by atoms with E-state index in [1.807, 2.05) is 12.4 Å². The Labute approximate surface area is 121 Å². The van der Waals surface area contributed by atoms with Gasteiger partial charge < -0.3 is 9.64 Å². The minimum atomic E-state index is -0.510. The van der Waals surface area contributed by atoms with E-state index < -0.39 is 6.10 Å². The molecule has 0 radical (unpaired) electrons. The third-order valence-corrected chi connectivity index (χ3v) is 3.45. The van der Waals surface area contributed by atoms with Crippen LogP contribution in [0.4, 0.5) is 11.4 Å². The summed E-state index contributed by atoms with van der Waals surface area (Å²) < 4.78 is 5.58. The van der Waals surface area contributed by atoms with Crippen molar-refractivity contribution in [1.29, 1.82) is 5.26 Å². The van der Waals surface area contributed by atoms with Crippen molar-refractivity contribution in [1.82, 2.24) is 5.32 Å². The molecule has 104 valence electrons. The molecule has 1 aliphatic rings. The summed E-state index contributed by atoms with van der Waals surface area (Å²) in [5.74, 6) is 0.531. The number of aliphatic imine (C=N–C) groups is 1. The summed E-state index contributed by atoms with van der Waals surface area (Å²) in [5.41, 5.74) is 1.37. The smallest absolute Gasteiger partial charge is 0.267 e. The van der Waals surface area contributed by atoms with Gasteiger partial charge in [0.15, 0.2) is 17.5 Å². The number of hydrogen-bond acceptors (Lipinski definition) is 5. The highest BCUT2D eigenvalue weighted by Crippen LogP contribution is 2.36. The second-order valence-corrected chi connectivity index (χ2v) is 4.96. The Balaban J connectivity index is 2.36. The molecule has 1 atom stereocenters. The molecule has 1 unspecified atom stereocenters. The zero-order valence-electron chi connectivity index (χ0n) is 11.4. The molecular formula is C13H14N4O2S. The molecule has 1 N–H and O–H groups in total. The second kappa shape index (κ2) is 5.84. The number of hydrogen-bond donors (Lipinski definition) is 1. The van der Waals surface area contributed by atoms with E-state index in [1.54, 1.807) is 37.1 Å². The Kier molecular flexibility index (Phi) is 4.15. The van der Waals surface area contributed by atoms with E-state index in [9.17, 15) is 4.79 Å². The maximum Gasteiger partial charge on any atom is 0.267 e. The largest absolute Gasteiger partial charge is 0.479 e. The number of ether oxygens (including phenoxy) is 1. The Morgan fingerprint density at radius 1 is 1.60 bits per heavy atom. The standard InChI is InChI=1S/C13H14N4O2S/c1-8-12(18)17(2)10-5-4-9(6-11(10)19-8)16-13(20-3)15-7-14/h4-6,8H,1-3H3,(H,15,16). The fourth-order valence-electron chi connectivity index (χ4n) is 1.87. The van der Waals surface area contributed by atoms with Gasteiger partial charge >= 0.3 is 0 Å². The molecule has 1 aromatic carbocycles. The summed E-state index contributed by atoms with van der Waals surface area (Å²) >= 11 is 1.34. The number of nitriles is 1. The lowest BCUT2D eigenvalue weighted by atomic mass is 10.2. The van der Waals surface area contributed by atoms with Gasteiger partial charge in [0, 0.05) is 13.1 Å². The van der Waals surface area contributed by atoms with Gasteiger partial charge in [0.1, 0.15) is 5.75 Å². The van der Waals surface area contributed by atoms with Crippen LogP contribution in [0.1, 0.15) is 6.92 Å². The van der Waals surface area contributed by atoms with Crippen molar-refractivity contribution in [3.05, 3.63) is 18.2 Å². The number of carbonyl (C=O) groups excluding carboxylic acids is 1. The molecule has 7 heteroatoms.